The lowest BCUT2D eigenvalue weighted by molar-refractivity contribution is -0.180. The molecule has 3 heteroatoms. The number of unbranched alkanes of at least 4 members (excludes halogenated alkanes) is 21. The molecule has 3 nitrogen and oxygen atoms in total. The Balaban J connectivity index is 2.10. The molecule has 45 heavy (non-hydrogen) atoms. The van der Waals surface area contributed by atoms with Gasteiger partial charge < -0.3 is 14.6 Å². The summed E-state index contributed by atoms with van der Waals surface area (Å²) in [5.74, 6) is -0.365. The first-order valence-electron chi connectivity index (χ1n) is 20.1. The Morgan fingerprint density at radius 2 is 0.911 bits per heavy atom. The second-order valence-electron chi connectivity index (χ2n) is 13.8. The van der Waals surface area contributed by atoms with Gasteiger partial charge in [0, 0.05) is 19.4 Å². The molecule has 0 radical (unpaired) electrons. The van der Waals surface area contributed by atoms with E-state index in [9.17, 15) is 5.11 Å². The van der Waals surface area contributed by atoms with Crippen molar-refractivity contribution in [1.29, 1.82) is 0 Å². The van der Waals surface area contributed by atoms with Gasteiger partial charge >= 0.3 is 0 Å². The lowest BCUT2D eigenvalue weighted by Crippen LogP contribution is -2.31. The van der Waals surface area contributed by atoms with Crippen molar-refractivity contribution in [3.05, 3.63) is 36.5 Å². The van der Waals surface area contributed by atoms with Crippen LogP contribution in [-0.2, 0) is 9.47 Å². The SMILES string of the molecule is CCCCCC=CCC=CCCCCCCCCC1(CCCCCCCCC=CCCCCCCCC)OCC(CCCO)O1. The smallest absolute Gasteiger partial charge is 0.168 e. The fourth-order valence-electron chi connectivity index (χ4n) is 6.49. The van der Waals surface area contributed by atoms with Crippen LogP contribution < -0.4 is 0 Å². The molecule has 1 heterocycles. The maximum atomic E-state index is 9.27. The van der Waals surface area contributed by atoms with Gasteiger partial charge in [0.15, 0.2) is 5.79 Å². The number of hydrogen-bond acceptors (Lipinski definition) is 3. The minimum absolute atomic E-state index is 0.163. The number of aliphatic hydroxyl groups is 1. The summed E-state index contributed by atoms with van der Waals surface area (Å²) in [6, 6.07) is 0. The van der Waals surface area contributed by atoms with E-state index in [1.54, 1.807) is 0 Å². The zero-order chi connectivity index (χ0) is 32.4. The lowest BCUT2D eigenvalue weighted by Gasteiger charge is -2.28. The first-order chi connectivity index (χ1) is 22.3. The average molecular weight is 631 g/mol. The van der Waals surface area contributed by atoms with Gasteiger partial charge in [-0.05, 0) is 83.5 Å². The number of allylic oxidation sites excluding steroid dienone is 6. The van der Waals surface area contributed by atoms with E-state index in [2.05, 4.69) is 50.3 Å². The third kappa shape index (κ3) is 26.8. The molecule has 0 aromatic rings. The first-order valence-corrected chi connectivity index (χ1v) is 20.1. The van der Waals surface area contributed by atoms with Gasteiger partial charge in [0.25, 0.3) is 0 Å². The van der Waals surface area contributed by atoms with Crippen LogP contribution >= 0.6 is 0 Å². The molecule has 264 valence electrons. The van der Waals surface area contributed by atoms with Gasteiger partial charge in [0.1, 0.15) is 0 Å². The van der Waals surface area contributed by atoms with Gasteiger partial charge in [-0.2, -0.15) is 0 Å². The Kier molecular flexibility index (Phi) is 30.9. The van der Waals surface area contributed by atoms with Crippen LogP contribution in [0.3, 0.4) is 0 Å². The summed E-state index contributed by atoms with van der Waals surface area (Å²) >= 11 is 0. The summed E-state index contributed by atoms with van der Waals surface area (Å²) in [5.41, 5.74) is 0. The van der Waals surface area contributed by atoms with Crippen molar-refractivity contribution in [3.8, 4) is 0 Å². The van der Waals surface area contributed by atoms with Crippen LogP contribution in [0.4, 0.5) is 0 Å². The minimum Gasteiger partial charge on any atom is -0.396 e. The third-order valence-corrected chi connectivity index (χ3v) is 9.43. The standard InChI is InChI=1S/C42H78O3/c1-3-5-7-9-11-13-15-17-19-21-23-25-27-29-31-33-37-42(44-40-41(45-42)36-35-39-43)38-34-32-30-28-26-24-22-20-18-16-14-12-10-8-6-4-2/h11,13,17-20,41,43H,3-10,12,14-16,21-40H2,1-2H3. The largest absolute Gasteiger partial charge is 0.396 e. The summed E-state index contributed by atoms with van der Waals surface area (Å²) in [6.07, 6.45) is 52.3. The van der Waals surface area contributed by atoms with Gasteiger partial charge in [-0.25, -0.2) is 0 Å². The first kappa shape index (κ1) is 42.1. The van der Waals surface area contributed by atoms with E-state index in [0.717, 1.165) is 32.1 Å². The highest BCUT2D eigenvalue weighted by atomic mass is 16.7. The van der Waals surface area contributed by atoms with E-state index < -0.39 is 0 Å². The Labute approximate surface area is 282 Å². The molecule has 1 saturated heterocycles. The van der Waals surface area contributed by atoms with E-state index in [0.29, 0.717) is 6.61 Å². The predicted octanol–water partition coefficient (Wildman–Crippen LogP) is 13.5. The highest BCUT2D eigenvalue weighted by Crippen LogP contribution is 2.36. The molecule has 2 unspecified atom stereocenters. The van der Waals surface area contributed by atoms with Crippen LogP contribution in [0.1, 0.15) is 206 Å². The molecule has 0 bridgehead atoms. The monoisotopic (exact) mass is 631 g/mol. The molecular formula is C42H78O3. The Morgan fingerprint density at radius 1 is 0.511 bits per heavy atom. The molecular weight excluding hydrogens is 552 g/mol. The molecule has 1 aliphatic rings. The molecule has 1 fully saturated rings. The number of hydrogen-bond donors (Lipinski definition) is 1. The van der Waals surface area contributed by atoms with Crippen LogP contribution in [0, 0.1) is 0 Å². The lowest BCUT2D eigenvalue weighted by atomic mass is 9.98. The van der Waals surface area contributed by atoms with Crippen molar-refractivity contribution < 1.29 is 14.6 Å². The van der Waals surface area contributed by atoms with E-state index in [-0.39, 0.29) is 18.5 Å². The second-order valence-corrected chi connectivity index (χ2v) is 13.8. The summed E-state index contributed by atoms with van der Waals surface area (Å²) in [6.45, 7) is 5.50. The minimum atomic E-state index is -0.365. The highest BCUT2D eigenvalue weighted by Gasteiger charge is 2.40. The molecule has 0 aliphatic carbocycles. The molecule has 0 aromatic heterocycles. The van der Waals surface area contributed by atoms with Crippen molar-refractivity contribution in [1.82, 2.24) is 0 Å². The average Bonchev–Trinajstić information content (AvgIpc) is 3.46. The quantitative estimate of drug-likeness (QED) is 0.0568. The summed E-state index contributed by atoms with van der Waals surface area (Å²) in [7, 11) is 0. The van der Waals surface area contributed by atoms with Gasteiger partial charge in [0.2, 0.25) is 0 Å². The van der Waals surface area contributed by atoms with Crippen LogP contribution in [0.2, 0.25) is 0 Å². The van der Waals surface area contributed by atoms with Gasteiger partial charge in [-0.3, -0.25) is 0 Å². The summed E-state index contributed by atoms with van der Waals surface area (Å²) < 4.78 is 12.9. The molecule has 1 N–H and O–H groups in total. The maximum Gasteiger partial charge on any atom is 0.168 e. The highest BCUT2D eigenvalue weighted by molar-refractivity contribution is 4.92. The van der Waals surface area contributed by atoms with E-state index in [1.807, 2.05) is 0 Å². The normalized spacial score (nSPS) is 18.9. The zero-order valence-electron chi connectivity index (χ0n) is 30.4. The fraction of sp³-hybridized carbons (Fsp3) is 0.857. The summed E-state index contributed by atoms with van der Waals surface area (Å²) in [4.78, 5) is 0. The maximum absolute atomic E-state index is 9.27. The molecule has 1 rings (SSSR count). The van der Waals surface area contributed by atoms with Crippen LogP contribution in [0.15, 0.2) is 36.5 Å². The van der Waals surface area contributed by atoms with Crippen molar-refractivity contribution >= 4 is 0 Å². The Hall–Kier alpha value is -0.900. The van der Waals surface area contributed by atoms with E-state index in [4.69, 9.17) is 9.47 Å². The molecule has 2 atom stereocenters. The van der Waals surface area contributed by atoms with E-state index >= 15 is 0 Å². The topological polar surface area (TPSA) is 38.7 Å². The Morgan fingerprint density at radius 3 is 1.40 bits per heavy atom. The van der Waals surface area contributed by atoms with Crippen molar-refractivity contribution in [2.45, 2.75) is 218 Å². The molecule has 0 amide bonds. The molecule has 0 aromatic carbocycles. The van der Waals surface area contributed by atoms with Gasteiger partial charge in [0.05, 0.1) is 12.7 Å². The van der Waals surface area contributed by atoms with Crippen molar-refractivity contribution in [2.24, 2.45) is 0 Å². The molecule has 0 spiro atoms. The van der Waals surface area contributed by atoms with E-state index in [1.165, 1.54) is 161 Å². The predicted molar refractivity (Wildman–Crippen MR) is 198 cm³/mol. The number of aliphatic hydroxyl groups excluding tert-OH is 1. The van der Waals surface area contributed by atoms with Gasteiger partial charge in [-0.15, -0.1) is 0 Å². The zero-order valence-corrected chi connectivity index (χ0v) is 30.4. The number of rotatable bonds is 34. The van der Waals surface area contributed by atoms with Crippen molar-refractivity contribution in [3.63, 3.8) is 0 Å². The number of ether oxygens (including phenoxy) is 2. The van der Waals surface area contributed by atoms with Crippen LogP contribution in [-0.4, -0.2) is 30.2 Å². The van der Waals surface area contributed by atoms with Crippen LogP contribution in [0.5, 0.6) is 0 Å². The van der Waals surface area contributed by atoms with Crippen molar-refractivity contribution in [2.75, 3.05) is 13.2 Å². The molecule has 0 saturated carbocycles. The Bertz CT molecular complexity index is 683. The van der Waals surface area contributed by atoms with Gasteiger partial charge in [-0.1, -0.05) is 147 Å². The molecule has 1 aliphatic heterocycles. The summed E-state index contributed by atoms with van der Waals surface area (Å²) in [5, 5.41) is 9.27. The van der Waals surface area contributed by atoms with Crippen LogP contribution in [0.25, 0.3) is 0 Å². The fourth-order valence-corrected chi connectivity index (χ4v) is 6.49. The second kappa shape index (κ2) is 33.0. The third-order valence-electron chi connectivity index (χ3n) is 9.43.